The number of nitrogens with two attached hydrogens (primary N) is 1. The third-order valence-electron chi connectivity index (χ3n) is 4.59. The van der Waals surface area contributed by atoms with Gasteiger partial charge in [0.2, 0.25) is 0 Å². The lowest BCUT2D eigenvalue weighted by Crippen LogP contribution is -2.41. The molecule has 0 radical (unpaired) electrons. The van der Waals surface area contributed by atoms with E-state index in [0.29, 0.717) is 12.5 Å². The number of amides is 1. The Hall–Kier alpha value is -2.43. The Morgan fingerprint density at radius 3 is 2.83 bits per heavy atom. The molecule has 23 heavy (non-hydrogen) atoms. The molecule has 0 unspecified atom stereocenters. The largest absolute Gasteiger partial charge is 0.394 e. The van der Waals surface area contributed by atoms with Gasteiger partial charge in [-0.25, -0.2) is 0 Å². The van der Waals surface area contributed by atoms with E-state index in [-0.39, 0.29) is 17.6 Å². The van der Waals surface area contributed by atoms with Crippen LogP contribution in [-0.2, 0) is 11.2 Å². The van der Waals surface area contributed by atoms with Crippen molar-refractivity contribution in [1.29, 1.82) is 0 Å². The monoisotopic (exact) mass is 310 g/mol. The molecule has 120 valence electrons. The fourth-order valence-electron chi connectivity index (χ4n) is 3.13. The summed E-state index contributed by atoms with van der Waals surface area (Å²) in [5.74, 6) is 0.232. The fourth-order valence-corrected chi connectivity index (χ4v) is 3.13. The topological polar surface area (TPSA) is 71.0 Å². The van der Waals surface area contributed by atoms with E-state index < -0.39 is 0 Å². The summed E-state index contributed by atoms with van der Waals surface area (Å²) >= 11 is 0. The van der Waals surface area contributed by atoms with Gasteiger partial charge in [-0.1, -0.05) is 24.3 Å². The van der Waals surface area contributed by atoms with Crippen LogP contribution in [0.25, 0.3) is 0 Å². The molecule has 3 rings (SSSR count). The fraction of sp³-hybridized carbons (Fsp3) is 0.389. The number of rotatable bonds is 4. The highest BCUT2D eigenvalue weighted by Crippen LogP contribution is 2.32. The SMILES string of the molecule is C=NN=C(C=C(N)C(=O)N1CCc2ccccc2[C@H]1C)C1CC1. The van der Waals surface area contributed by atoms with Gasteiger partial charge in [-0.2, -0.15) is 10.2 Å². The van der Waals surface area contributed by atoms with Gasteiger partial charge in [0.1, 0.15) is 0 Å². The molecule has 1 aromatic rings. The maximum atomic E-state index is 12.7. The van der Waals surface area contributed by atoms with Crippen LogP contribution in [0, 0.1) is 5.92 Å². The molecule has 2 N–H and O–H groups in total. The molecule has 1 heterocycles. The van der Waals surface area contributed by atoms with E-state index in [9.17, 15) is 4.79 Å². The van der Waals surface area contributed by atoms with Crippen molar-refractivity contribution >= 4 is 18.3 Å². The van der Waals surface area contributed by atoms with E-state index in [1.807, 2.05) is 24.0 Å². The summed E-state index contributed by atoms with van der Waals surface area (Å²) in [4.78, 5) is 14.6. The van der Waals surface area contributed by atoms with Crippen LogP contribution in [0.4, 0.5) is 0 Å². The number of hydrogen-bond acceptors (Lipinski definition) is 4. The average Bonchev–Trinajstić information content (AvgIpc) is 3.39. The Balaban J connectivity index is 1.80. The second-order valence-electron chi connectivity index (χ2n) is 6.16. The van der Waals surface area contributed by atoms with Gasteiger partial charge in [0, 0.05) is 19.2 Å². The summed E-state index contributed by atoms with van der Waals surface area (Å²) in [6.45, 7) is 6.11. The second-order valence-corrected chi connectivity index (χ2v) is 6.16. The Morgan fingerprint density at radius 2 is 2.13 bits per heavy atom. The quantitative estimate of drug-likeness (QED) is 0.527. The van der Waals surface area contributed by atoms with Crippen molar-refractivity contribution in [3.8, 4) is 0 Å². The molecule has 5 heteroatoms. The lowest BCUT2D eigenvalue weighted by molar-refractivity contribution is -0.129. The molecule has 1 aliphatic carbocycles. The van der Waals surface area contributed by atoms with Crippen LogP contribution < -0.4 is 5.73 Å². The van der Waals surface area contributed by atoms with Gasteiger partial charge in [0.05, 0.1) is 17.5 Å². The van der Waals surface area contributed by atoms with Gasteiger partial charge in [0.25, 0.3) is 5.91 Å². The number of carbonyl (C=O) groups is 1. The van der Waals surface area contributed by atoms with Gasteiger partial charge in [0.15, 0.2) is 0 Å². The Labute approximate surface area is 136 Å². The molecule has 0 saturated heterocycles. The minimum atomic E-state index is -0.135. The summed E-state index contributed by atoms with van der Waals surface area (Å²) in [5, 5.41) is 7.59. The number of allylic oxidation sites excluding steroid dienone is 1. The third-order valence-corrected chi connectivity index (χ3v) is 4.59. The molecule has 0 aromatic heterocycles. The summed E-state index contributed by atoms with van der Waals surface area (Å²) in [6, 6.07) is 8.28. The molecule has 0 spiro atoms. The molecular formula is C18H22N4O. The highest BCUT2D eigenvalue weighted by Gasteiger charge is 2.30. The second kappa shape index (κ2) is 6.36. The zero-order valence-electron chi connectivity index (χ0n) is 13.4. The number of fused-ring (bicyclic) bond motifs is 1. The smallest absolute Gasteiger partial charge is 0.270 e. The van der Waals surface area contributed by atoms with Crippen LogP contribution in [0.5, 0.6) is 0 Å². The number of benzene rings is 1. The van der Waals surface area contributed by atoms with Crippen molar-refractivity contribution in [1.82, 2.24) is 4.90 Å². The van der Waals surface area contributed by atoms with Crippen LogP contribution in [0.2, 0.25) is 0 Å². The van der Waals surface area contributed by atoms with E-state index in [1.165, 1.54) is 11.1 Å². The molecule has 1 aliphatic heterocycles. The van der Waals surface area contributed by atoms with E-state index in [2.05, 4.69) is 29.1 Å². The van der Waals surface area contributed by atoms with Gasteiger partial charge in [-0.3, -0.25) is 4.79 Å². The van der Waals surface area contributed by atoms with Gasteiger partial charge in [-0.05, 0) is 43.4 Å². The van der Waals surface area contributed by atoms with Crippen LogP contribution in [0.1, 0.15) is 36.9 Å². The van der Waals surface area contributed by atoms with E-state index in [1.54, 1.807) is 6.08 Å². The maximum absolute atomic E-state index is 12.7. The van der Waals surface area contributed by atoms with Crippen LogP contribution >= 0.6 is 0 Å². The molecular weight excluding hydrogens is 288 g/mol. The summed E-state index contributed by atoms with van der Waals surface area (Å²) in [7, 11) is 0. The lowest BCUT2D eigenvalue weighted by atomic mass is 9.93. The molecule has 5 nitrogen and oxygen atoms in total. The van der Waals surface area contributed by atoms with E-state index in [4.69, 9.17) is 5.73 Å². The molecule has 1 atom stereocenters. The van der Waals surface area contributed by atoms with Gasteiger partial charge < -0.3 is 10.6 Å². The first-order valence-corrected chi connectivity index (χ1v) is 8.01. The first kappa shape index (κ1) is 15.5. The Kier molecular flexibility index (Phi) is 4.28. The third kappa shape index (κ3) is 3.18. The highest BCUT2D eigenvalue weighted by atomic mass is 16.2. The number of nitrogens with zero attached hydrogens (tertiary/aromatic N) is 3. The molecule has 1 saturated carbocycles. The molecule has 0 bridgehead atoms. The molecule has 1 amide bonds. The number of hydrogen-bond donors (Lipinski definition) is 1. The van der Waals surface area contributed by atoms with Crippen molar-refractivity contribution in [2.45, 2.75) is 32.2 Å². The first-order valence-electron chi connectivity index (χ1n) is 8.01. The van der Waals surface area contributed by atoms with Crippen molar-refractivity contribution in [2.24, 2.45) is 21.9 Å². The zero-order valence-corrected chi connectivity index (χ0v) is 13.4. The van der Waals surface area contributed by atoms with E-state index in [0.717, 1.165) is 25.0 Å². The predicted molar refractivity (Wildman–Crippen MR) is 92.3 cm³/mol. The van der Waals surface area contributed by atoms with Crippen LogP contribution in [0.15, 0.2) is 46.2 Å². The van der Waals surface area contributed by atoms with Crippen LogP contribution in [-0.4, -0.2) is 29.8 Å². The highest BCUT2D eigenvalue weighted by molar-refractivity contribution is 6.05. The predicted octanol–water partition coefficient (Wildman–Crippen LogP) is 2.44. The Morgan fingerprint density at radius 1 is 1.39 bits per heavy atom. The first-order chi connectivity index (χ1) is 11.1. The lowest BCUT2D eigenvalue weighted by Gasteiger charge is -2.35. The normalized spacial score (nSPS) is 21.8. The maximum Gasteiger partial charge on any atom is 0.270 e. The molecule has 1 aromatic carbocycles. The van der Waals surface area contributed by atoms with E-state index >= 15 is 0 Å². The zero-order chi connectivity index (χ0) is 16.4. The summed E-state index contributed by atoms with van der Waals surface area (Å²) < 4.78 is 0. The van der Waals surface area contributed by atoms with Crippen molar-refractivity contribution in [3.63, 3.8) is 0 Å². The van der Waals surface area contributed by atoms with Gasteiger partial charge in [-0.15, -0.1) is 0 Å². The summed E-state index contributed by atoms with van der Waals surface area (Å²) in [6.07, 6.45) is 4.67. The van der Waals surface area contributed by atoms with Crippen LogP contribution in [0.3, 0.4) is 0 Å². The molecule has 1 fully saturated rings. The summed E-state index contributed by atoms with van der Waals surface area (Å²) in [5.41, 5.74) is 9.55. The van der Waals surface area contributed by atoms with Gasteiger partial charge >= 0.3 is 0 Å². The molecule has 2 aliphatic rings. The van der Waals surface area contributed by atoms with Crippen molar-refractivity contribution in [3.05, 3.63) is 47.2 Å². The Bertz CT molecular complexity index is 688. The minimum Gasteiger partial charge on any atom is -0.394 e. The van der Waals surface area contributed by atoms with Crippen molar-refractivity contribution < 1.29 is 4.79 Å². The van der Waals surface area contributed by atoms with Crippen molar-refractivity contribution in [2.75, 3.05) is 6.54 Å². The average molecular weight is 310 g/mol. The standard InChI is InChI=1S/C18H22N4O/c1-12-15-6-4-3-5-13(15)9-10-22(12)18(23)16(19)11-17(21-20-2)14-7-8-14/h3-6,11-12,14H,2,7-10,19H2,1H3/t12-/m1/s1. The minimum absolute atomic E-state index is 0.0262. The number of carbonyl (C=O) groups excluding carboxylic acids is 1.